The van der Waals surface area contributed by atoms with E-state index in [2.05, 4.69) is 11.7 Å². The van der Waals surface area contributed by atoms with Gasteiger partial charge in [0.2, 0.25) is 0 Å². The number of hydrogen-bond donors (Lipinski definition) is 1. The summed E-state index contributed by atoms with van der Waals surface area (Å²) in [4.78, 5) is 11.0. The summed E-state index contributed by atoms with van der Waals surface area (Å²) >= 11 is 0. The van der Waals surface area contributed by atoms with Crippen LogP contribution in [0.3, 0.4) is 0 Å². The molecular weight excluding hydrogens is 292 g/mol. The lowest BCUT2D eigenvalue weighted by Crippen LogP contribution is -2.11. The molecule has 0 spiro atoms. The summed E-state index contributed by atoms with van der Waals surface area (Å²) in [6, 6.07) is 0. The zero-order valence-corrected chi connectivity index (χ0v) is 15.1. The van der Waals surface area contributed by atoms with Gasteiger partial charge in [-0.3, -0.25) is 4.79 Å². The van der Waals surface area contributed by atoms with Gasteiger partial charge in [-0.1, -0.05) is 58.3 Å². The number of aliphatic hydroxyl groups excluding tert-OH is 1. The molecule has 0 aromatic carbocycles. The van der Waals surface area contributed by atoms with Crippen molar-refractivity contribution in [1.82, 2.24) is 0 Å². The number of ether oxygens (including phenoxy) is 2. The molecule has 136 valence electrons. The molecule has 4 nitrogen and oxygen atoms in total. The summed E-state index contributed by atoms with van der Waals surface area (Å²) in [7, 11) is 1.44. The van der Waals surface area contributed by atoms with Crippen LogP contribution in [0.4, 0.5) is 0 Å². The maximum atomic E-state index is 11.0. The molecule has 1 fully saturated rings. The van der Waals surface area contributed by atoms with Gasteiger partial charge in [0.25, 0.3) is 0 Å². The third kappa shape index (κ3) is 10.7. The van der Waals surface area contributed by atoms with Crippen LogP contribution < -0.4 is 0 Å². The molecule has 0 amide bonds. The van der Waals surface area contributed by atoms with Crippen molar-refractivity contribution in [3.63, 3.8) is 0 Å². The number of rotatable bonds is 15. The zero-order chi connectivity index (χ0) is 16.9. The second-order valence-electron chi connectivity index (χ2n) is 6.83. The molecule has 0 unspecified atom stereocenters. The Morgan fingerprint density at radius 3 is 2.48 bits per heavy atom. The standard InChI is InChI=1S/C19H36O4/c1-3-4-5-9-12-16(20)15-18-17(23-18)13-10-7-6-8-11-14-19(21)22-2/h16-18,20H,3-15H2,1-2H3/t16-,17+,18+/m0/s1. The van der Waals surface area contributed by atoms with Crippen LogP contribution in [0.2, 0.25) is 0 Å². The van der Waals surface area contributed by atoms with Crippen molar-refractivity contribution in [1.29, 1.82) is 0 Å². The minimum Gasteiger partial charge on any atom is -0.469 e. The van der Waals surface area contributed by atoms with Crippen molar-refractivity contribution in [2.75, 3.05) is 7.11 Å². The van der Waals surface area contributed by atoms with E-state index in [9.17, 15) is 9.90 Å². The summed E-state index contributed by atoms with van der Waals surface area (Å²) in [6.07, 6.45) is 14.4. The van der Waals surface area contributed by atoms with E-state index in [1.807, 2.05) is 0 Å². The number of carbonyl (C=O) groups excluding carboxylic acids is 1. The zero-order valence-electron chi connectivity index (χ0n) is 15.1. The summed E-state index contributed by atoms with van der Waals surface area (Å²) in [5.74, 6) is -0.104. The Hall–Kier alpha value is -0.610. The topological polar surface area (TPSA) is 59.1 Å². The first-order chi connectivity index (χ1) is 11.2. The first-order valence-corrected chi connectivity index (χ1v) is 9.57. The Labute approximate surface area is 141 Å². The number of methoxy groups -OCH3 is 1. The lowest BCUT2D eigenvalue weighted by molar-refractivity contribution is -0.140. The number of carbonyl (C=O) groups is 1. The molecule has 1 aliphatic rings. The fourth-order valence-corrected chi connectivity index (χ4v) is 3.08. The molecule has 0 bridgehead atoms. The van der Waals surface area contributed by atoms with Crippen molar-refractivity contribution in [3.8, 4) is 0 Å². The summed E-state index contributed by atoms with van der Waals surface area (Å²) < 4.78 is 10.3. The van der Waals surface area contributed by atoms with Crippen molar-refractivity contribution in [2.45, 2.75) is 109 Å². The average molecular weight is 328 g/mol. The average Bonchev–Trinajstić information content (AvgIpc) is 3.28. The Kier molecular flexibility index (Phi) is 11.3. The maximum absolute atomic E-state index is 11.0. The minimum absolute atomic E-state index is 0.104. The molecule has 1 heterocycles. The Morgan fingerprint density at radius 2 is 1.74 bits per heavy atom. The van der Waals surface area contributed by atoms with Crippen LogP contribution in [-0.2, 0) is 14.3 Å². The SMILES string of the molecule is CCCCCC[C@H](O)C[C@H]1O[C@@H]1CCCCCCCC(=O)OC. The van der Waals surface area contributed by atoms with E-state index in [1.54, 1.807) is 0 Å². The van der Waals surface area contributed by atoms with Gasteiger partial charge in [-0.15, -0.1) is 0 Å². The smallest absolute Gasteiger partial charge is 0.305 e. The molecule has 0 aromatic rings. The van der Waals surface area contributed by atoms with Crippen LogP contribution >= 0.6 is 0 Å². The highest BCUT2D eigenvalue weighted by atomic mass is 16.6. The van der Waals surface area contributed by atoms with Crippen LogP contribution in [0, 0.1) is 0 Å². The third-order valence-electron chi connectivity index (χ3n) is 4.68. The van der Waals surface area contributed by atoms with Crippen LogP contribution in [0.5, 0.6) is 0 Å². The largest absolute Gasteiger partial charge is 0.469 e. The number of hydrogen-bond acceptors (Lipinski definition) is 4. The quantitative estimate of drug-likeness (QED) is 0.275. The van der Waals surface area contributed by atoms with E-state index in [1.165, 1.54) is 45.6 Å². The van der Waals surface area contributed by atoms with E-state index in [-0.39, 0.29) is 12.1 Å². The molecule has 23 heavy (non-hydrogen) atoms. The lowest BCUT2D eigenvalue weighted by atomic mass is 10.0. The van der Waals surface area contributed by atoms with Crippen LogP contribution in [-0.4, -0.2) is 36.5 Å². The van der Waals surface area contributed by atoms with Crippen molar-refractivity contribution in [2.24, 2.45) is 0 Å². The minimum atomic E-state index is -0.180. The summed E-state index contributed by atoms with van der Waals surface area (Å²) in [5.41, 5.74) is 0. The van der Waals surface area contributed by atoms with E-state index in [4.69, 9.17) is 4.74 Å². The third-order valence-corrected chi connectivity index (χ3v) is 4.68. The number of esters is 1. The van der Waals surface area contributed by atoms with Gasteiger partial charge in [-0.2, -0.15) is 0 Å². The van der Waals surface area contributed by atoms with Crippen molar-refractivity contribution in [3.05, 3.63) is 0 Å². The molecule has 0 aromatic heterocycles. The highest BCUT2D eigenvalue weighted by Crippen LogP contribution is 2.32. The predicted molar refractivity (Wildman–Crippen MR) is 92.4 cm³/mol. The molecule has 1 saturated heterocycles. The van der Waals surface area contributed by atoms with Gasteiger partial charge in [-0.25, -0.2) is 0 Å². The van der Waals surface area contributed by atoms with E-state index in [0.717, 1.165) is 38.5 Å². The monoisotopic (exact) mass is 328 g/mol. The first-order valence-electron chi connectivity index (χ1n) is 9.57. The Balaban J connectivity index is 1.86. The predicted octanol–water partition coefficient (Wildman–Crippen LogP) is 4.38. The molecular formula is C19H36O4. The number of unbranched alkanes of at least 4 members (excludes halogenated alkanes) is 7. The van der Waals surface area contributed by atoms with E-state index in [0.29, 0.717) is 18.6 Å². The Bertz CT molecular complexity index is 306. The van der Waals surface area contributed by atoms with Gasteiger partial charge in [0.1, 0.15) is 0 Å². The Morgan fingerprint density at radius 1 is 1.04 bits per heavy atom. The van der Waals surface area contributed by atoms with Crippen molar-refractivity contribution < 1.29 is 19.4 Å². The van der Waals surface area contributed by atoms with E-state index >= 15 is 0 Å². The van der Waals surface area contributed by atoms with Gasteiger partial charge < -0.3 is 14.6 Å². The van der Waals surface area contributed by atoms with Gasteiger partial charge in [0, 0.05) is 12.8 Å². The fourth-order valence-electron chi connectivity index (χ4n) is 3.08. The molecule has 1 rings (SSSR count). The molecule has 1 aliphatic heterocycles. The van der Waals surface area contributed by atoms with Crippen LogP contribution in [0.15, 0.2) is 0 Å². The highest BCUT2D eigenvalue weighted by molar-refractivity contribution is 5.68. The number of epoxide rings is 1. The maximum Gasteiger partial charge on any atom is 0.305 e. The normalized spacial score (nSPS) is 21.2. The lowest BCUT2D eigenvalue weighted by Gasteiger charge is -2.08. The van der Waals surface area contributed by atoms with Gasteiger partial charge in [0.05, 0.1) is 25.4 Å². The van der Waals surface area contributed by atoms with Gasteiger partial charge in [-0.05, 0) is 19.3 Å². The van der Waals surface area contributed by atoms with Gasteiger partial charge in [0.15, 0.2) is 0 Å². The molecule has 0 saturated carbocycles. The summed E-state index contributed by atoms with van der Waals surface area (Å²) in [6.45, 7) is 2.21. The first kappa shape index (κ1) is 20.4. The van der Waals surface area contributed by atoms with Gasteiger partial charge >= 0.3 is 5.97 Å². The second kappa shape index (κ2) is 12.8. The number of aliphatic hydroxyl groups is 1. The molecule has 1 N–H and O–H groups in total. The fraction of sp³-hybridized carbons (Fsp3) is 0.947. The van der Waals surface area contributed by atoms with E-state index < -0.39 is 0 Å². The molecule has 0 radical (unpaired) electrons. The highest BCUT2D eigenvalue weighted by Gasteiger charge is 2.38. The van der Waals surface area contributed by atoms with Crippen LogP contribution in [0.25, 0.3) is 0 Å². The van der Waals surface area contributed by atoms with Crippen LogP contribution in [0.1, 0.15) is 90.4 Å². The molecule has 3 atom stereocenters. The van der Waals surface area contributed by atoms with Crippen molar-refractivity contribution >= 4 is 5.97 Å². The molecule has 4 heteroatoms. The second-order valence-corrected chi connectivity index (χ2v) is 6.83. The molecule has 0 aliphatic carbocycles. The summed E-state index contributed by atoms with van der Waals surface area (Å²) in [5, 5.41) is 9.99.